The maximum Gasteiger partial charge on any atom is 0.337 e. The maximum absolute atomic E-state index is 12.8. The van der Waals surface area contributed by atoms with Crippen LogP contribution in [0.5, 0.6) is 0 Å². The molecule has 1 fully saturated rings. The molecule has 2 N–H and O–H groups in total. The topological polar surface area (TPSA) is 87.7 Å². The number of methoxy groups -OCH3 is 1. The van der Waals surface area contributed by atoms with Crippen molar-refractivity contribution >= 4 is 23.6 Å². The zero-order valence-corrected chi connectivity index (χ0v) is 18.7. The monoisotopic (exact) mass is 427 g/mol. The Bertz CT molecular complexity index is 858. The molecule has 1 aromatic carbocycles. The summed E-state index contributed by atoms with van der Waals surface area (Å²) in [7, 11) is 1.34. The fourth-order valence-electron chi connectivity index (χ4n) is 4.40. The van der Waals surface area contributed by atoms with Crippen LogP contribution in [-0.2, 0) is 14.3 Å². The molecule has 168 valence electrons. The van der Waals surface area contributed by atoms with E-state index in [0.717, 1.165) is 44.1 Å². The fraction of sp³-hybridized carbons (Fsp3) is 0.542. The minimum atomic E-state index is -0.635. The second kappa shape index (κ2) is 10.5. The van der Waals surface area contributed by atoms with Gasteiger partial charge in [0.05, 0.1) is 18.7 Å². The summed E-state index contributed by atoms with van der Waals surface area (Å²) < 4.78 is 5.03. The Morgan fingerprint density at radius 1 is 1.23 bits per heavy atom. The number of nitrogens with zero attached hydrogens (tertiary/aromatic N) is 1. The van der Waals surface area contributed by atoms with E-state index in [2.05, 4.69) is 17.6 Å². The summed E-state index contributed by atoms with van der Waals surface area (Å²) in [4.78, 5) is 39.7. The van der Waals surface area contributed by atoms with Gasteiger partial charge in [-0.15, -0.1) is 0 Å². The largest absolute Gasteiger partial charge is 0.466 e. The highest BCUT2D eigenvalue weighted by Crippen LogP contribution is 2.33. The first-order chi connectivity index (χ1) is 15.0. The van der Waals surface area contributed by atoms with Gasteiger partial charge in [-0.1, -0.05) is 44.7 Å². The third kappa shape index (κ3) is 5.27. The summed E-state index contributed by atoms with van der Waals surface area (Å²) in [5.74, 6) is -0.387. The molecule has 0 bridgehead atoms. The molecule has 1 unspecified atom stereocenters. The molecular weight excluding hydrogens is 394 g/mol. The van der Waals surface area contributed by atoms with Crippen LogP contribution < -0.4 is 10.6 Å². The SMILES string of the molecule is CCCCN1C(=O)NC(c2cccc(NC(=O)C3CCCCC3)c2)C(C(=O)OC)=C1C. The molecule has 1 atom stereocenters. The number of allylic oxidation sites excluding steroid dienone is 1. The molecular formula is C24H33N3O4. The zero-order chi connectivity index (χ0) is 22.4. The molecule has 7 heteroatoms. The minimum Gasteiger partial charge on any atom is -0.466 e. The Morgan fingerprint density at radius 2 is 1.97 bits per heavy atom. The van der Waals surface area contributed by atoms with E-state index in [-0.39, 0.29) is 17.9 Å². The Balaban J connectivity index is 1.87. The van der Waals surface area contributed by atoms with E-state index >= 15 is 0 Å². The summed E-state index contributed by atoms with van der Waals surface area (Å²) in [6.07, 6.45) is 7.00. The van der Waals surface area contributed by atoms with Crippen LogP contribution in [0.4, 0.5) is 10.5 Å². The number of unbranched alkanes of at least 4 members (excludes halogenated alkanes) is 1. The van der Waals surface area contributed by atoms with Crippen molar-refractivity contribution in [3.05, 3.63) is 41.1 Å². The lowest BCUT2D eigenvalue weighted by atomic mass is 9.88. The van der Waals surface area contributed by atoms with Gasteiger partial charge in [0.15, 0.2) is 0 Å². The number of carbonyl (C=O) groups is 3. The first-order valence-electron chi connectivity index (χ1n) is 11.2. The minimum absolute atomic E-state index is 0.0372. The predicted molar refractivity (Wildman–Crippen MR) is 119 cm³/mol. The van der Waals surface area contributed by atoms with E-state index in [1.54, 1.807) is 11.8 Å². The molecule has 0 radical (unpaired) electrons. The molecule has 31 heavy (non-hydrogen) atoms. The van der Waals surface area contributed by atoms with Gasteiger partial charge in [0.25, 0.3) is 0 Å². The molecule has 0 aromatic heterocycles. The number of ether oxygens (including phenoxy) is 1. The molecule has 1 aromatic rings. The van der Waals surface area contributed by atoms with E-state index in [1.165, 1.54) is 13.5 Å². The van der Waals surface area contributed by atoms with Crippen LogP contribution in [0.25, 0.3) is 0 Å². The summed E-state index contributed by atoms with van der Waals surface area (Å²) in [6.45, 7) is 4.37. The van der Waals surface area contributed by atoms with Crippen LogP contribution >= 0.6 is 0 Å². The van der Waals surface area contributed by atoms with Crippen LogP contribution in [0.2, 0.25) is 0 Å². The number of nitrogens with one attached hydrogen (secondary N) is 2. The van der Waals surface area contributed by atoms with Gasteiger partial charge in [-0.05, 0) is 43.9 Å². The number of rotatable bonds is 7. The summed E-state index contributed by atoms with van der Waals surface area (Å²) >= 11 is 0. The quantitative estimate of drug-likeness (QED) is 0.627. The van der Waals surface area contributed by atoms with Crippen LogP contribution in [0.15, 0.2) is 35.5 Å². The Kier molecular flexibility index (Phi) is 7.71. The second-order valence-electron chi connectivity index (χ2n) is 8.33. The number of hydrogen-bond donors (Lipinski definition) is 2. The van der Waals surface area contributed by atoms with E-state index in [0.29, 0.717) is 23.5 Å². The van der Waals surface area contributed by atoms with Crippen molar-refractivity contribution in [3.63, 3.8) is 0 Å². The summed E-state index contributed by atoms with van der Waals surface area (Å²) in [5, 5.41) is 5.96. The summed E-state index contributed by atoms with van der Waals surface area (Å²) in [5.41, 5.74) is 2.40. The number of carbonyl (C=O) groups excluding carboxylic acids is 3. The molecule has 7 nitrogen and oxygen atoms in total. The first kappa shape index (κ1) is 22.8. The van der Waals surface area contributed by atoms with E-state index in [9.17, 15) is 14.4 Å². The fourth-order valence-corrected chi connectivity index (χ4v) is 4.40. The number of hydrogen-bond acceptors (Lipinski definition) is 4. The van der Waals surface area contributed by atoms with E-state index in [4.69, 9.17) is 4.74 Å². The lowest BCUT2D eigenvalue weighted by Crippen LogP contribution is -2.48. The highest BCUT2D eigenvalue weighted by atomic mass is 16.5. The number of esters is 1. The third-order valence-corrected chi connectivity index (χ3v) is 6.20. The van der Waals surface area contributed by atoms with Crippen molar-refractivity contribution in [1.29, 1.82) is 0 Å². The van der Waals surface area contributed by atoms with Crippen LogP contribution in [-0.4, -0.2) is 36.5 Å². The number of benzene rings is 1. The first-order valence-corrected chi connectivity index (χ1v) is 11.2. The molecule has 1 aliphatic heterocycles. The van der Waals surface area contributed by atoms with Gasteiger partial charge in [0.1, 0.15) is 0 Å². The molecule has 3 amide bonds. The van der Waals surface area contributed by atoms with Crippen LogP contribution in [0, 0.1) is 5.92 Å². The normalized spacial score (nSPS) is 19.8. The lowest BCUT2D eigenvalue weighted by Gasteiger charge is -2.35. The Labute approximate surface area is 184 Å². The number of amides is 3. The average molecular weight is 428 g/mol. The van der Waals surface area contributed by atoms with Crippen LogP contribution in [0.1, 0.15) is 70.4 Å². The van der Waals surface area contributed by atoms with Crippen molar-refractivity contribution in [3.8, 4) is 0 Å². The van der Waals surface area contributed by atoms with E-state index < -0.39 is 12.0 Å². The highest BCUT2D eigenvalue weighted by molar-refractivity contribution is 5.95. The van der Waals surface area contributed by atoms with Crippen molar-refractivity contribution < 1.29 is 19.1 Å². The van der Waals surface area contributed by atoms with Crippen molar-refractivity contribution in [2.24, 2.45) is 5.92 Å². The molecule has 1 heterocycles. The zero-order valence-electron chi connectivity index (χ0n) is 18.7. The number of anilines is 1. The molecule has 1 aliphatic carbocycles. The standard InChI is InChI=1S/C24H33N3O4/c1-4-5-14-27-16(2)20(23(29)31-3)21(26-24(27)30)18-12-9-13-19(15-18)25-22(28)17-10-7-6-8-11-17/h9,12-13,15,17,21H,4-8,10-11,14H2,1-3H3,(H,25,28)(H,26,30). The van der Waals surface area contributed by atoms with Gasteiger partial charge in [0, 0.05) is 23.8 Å². The van der Waals surface area contributed by atoms with Crippen molar-refractivity contribution in [2.75, 3.05) is 19.0 Å². The van der Waals surface area contributed by atoms with Gasteiger partial charge >= 0.3 is 12.0 Å². The highest BCUT2D eigenvalue weighted by Gasteiger charge is 2.36. The maximum atomic E-state index is 12.8. The van der Waals surface area contributed by atoms with Crippen molar-refractivity contribution in [2.45, 2.75) is 64.8 Å². The summed E-state index contributed by atoms with van der Waals surface area (Å²) in [6, 6.07) is 6.45. The molecule has 3 rings (SSSR count). The average Bonchev–Trinajstić information content (AvgIpc) is 2.79. The van der Waals surface area contributed by atoms with Gasteiger partial charge in [0.2, 0.25) is 5.91 Å². The molecule has 2 aliphatic rings. The van der Waals surface area contributed by atoms with Gasteiger partial charge < -0.3 is 15.4 Å². The van der Waals surface area contributed by atoms with Gasteiger partial charge in [-0.25, -0.2) is 9.59 Å². The Hall–Kier alpha value is -2.83. The third-order valence-electron chi connectivity index (χ3n) is 6.20. The predicted octanol–water partition coefficient (Wildman–Crippen LogP) is 4.52. The van der Waals surface area contributed by atoms with Gasteiger partial charge in [-0.2, -0.15) is 0 Å². The molecule has 0 spiro atoms. The smallest absolute Gasteiger partial charge is 0.337 e. The van der Waals surface area contributed by atoms with Crippen molar-refractivity contribution in [1.82, 2.24) is 10.2 Å². The number of urea groups is 1. The van der Waals surface area contributed by atoms with E-state index in [1.807, 2.05) is 24.3 Å². The van der Waals surface area contributed by atoms with Gasteiger partial charge in [-0.3, -0.25) is 9.69 Å². The molecule has 1 saturated carbocycles. The lowest BCUT2D eigenvalue weighted by molar-refractivity contribution is -0.136. The second-order valence-corrected chi connectivity index (χ2v) is 8.33. The Morgan fingerprint density at radius 3 is 2.65 bits per heavy atom. The molecule has 0 saturated heterocycles. The van der Waals surface area contributed by atoms with Crippen LogP contribution in [0.3, 0.4) is 0 Å².